The van der Waals surface area contributed by atoms with E-state index in [4.69, 9.17) is 9.84 Å². The maximum absolute atomic E-state index is 10.8. The third-order valence-electron chi connectivity index (χ3n) is 1.84. The number of hydrogen-bond donors (Lipinski definition) is 2. The van der Waals surface area contributed by atoms with Gasteiger partial charge in [0.25, 0.3) is 0 Å². The Morgan fingerprint density at radius 3 is 2.62 bits per heavy atom. The number of hydrogen-bond acceptors (Lipinski definition) is 4. The first-order chi connectivity index (χ1) is 6.00. The maximum Gasteiger partial charge on any atom is 0.343 e. The highest BCUT2D eigenvalue weighted by Gasteiger charge is 2.39. The van der Waals surface area contributed by atoms with Crippen LogP contribution in [0.5, 0.6) is 0 Å². The number of carbonyl (C=O) groups is 1. The molecule has 0 bridgehead atoms. The fraction of sp³-hybridized carbons (Fsp3) is 0.571. The van der Waals surface area contributed by atoms with E-state index in [1.807, 2.05) is 0 Å². The van der Waals surface area contributed by atoms with Crippen LogP contribution in [0, 0.1) is 6.92 Å². The summed E-state index contributed by atoms with van der Waals surface area (Å²) in [6.45, 7) is 3.09. The average Bonchev–Trinajstić information content (AvgIpc) is 2.50. The van der Waals surface area contributed by atoms with E-state index in [0.717, 1.165) is 0 Å². The van der Waals surface area contributed by atoms with Gasteiger partial charge < -0.3 is 9.84 Å². The van der Waals surface area contributed by atoms with Crippen molar-refractivity contribution in [3.63, 3.8) is 0 Å². The first kappa shape index (κ1) is 9.66. The van der Waals surface area contributed by atoms with Crippen molar-refractivity contribution in [1.82, 2.24) is 15.2 Å². The topological polar surface area (TPSA) is 88.1 Å². The van der Waals surface area contributed by atoms with Gasteiger partial charge >= 0.3 is 5.97 Å². The molecule has 1 heterocycles. The SMILES string of the molecule is COC(C)(C(=O)O)c1n[nH]c(C)n1. The van der Waals surface area contributed by atoms with Crippen LogP contribution in [-0.2, 0) is 15.1 Å². The van der Waals surface area contributed by atoms with E-state index in [1.165, 1.54) is 14.0 Å². The number of aryl methyl sites for hydroxylation is 1. The molecule has 0 fully saturated rings. The lowest BCUT2D eigenvalue weighted by Crippen LogP contribution is -2.35. The van der Waals surface area contributed by atoms with Gasteiger partial charge in [0, 0.05) is 7.11 Å². The largest absolute Gasteiger partial charge is 0.479 e. The number of nitrogens with one attached hydrogen (secondary N) is 1. The molecule has 1 unspecified atom stereocenters. The van der Waals surface area contributed by atoms with Gasteiger partial charge in [-0.25, -0.2) is 9.78 Å². The minimum atomic E-state index is -1.48. The Hall–Kier alpha value is -1.43. The molecule has 72 valence electrons. The molecule has 1 aromatic rings. The lowest BCUT2D eigenvalue weighted by molar-refractivity contribution is -0.162. The number of nitrogens with zero attached hydrogens (tertiary/aromatic N) is 2. The highest BCUT2D eigenvalue weighted by atomic mass is 16.5. The van der Waals surface area contributed by atoms with Crippen LogP contribution in [0.3, 0.4) is 0 Å². The lowest BCUT2D eigenvalue weighted by Gasteiger charge is -2.18. The summed E-state index contributed by atoms with van der Waals surface area (Å²) in [4.78, 5) is 14.7. The summed E-state index contributed by atoms with van der Waals surface area (Å²) >= 11 is 0. The predicted molar refractivity (Wildman–Crippen MR) is 43.1 cm³/mol. The van der Waals surface area contributed by atoms with E-state index < -0.39 is 11.6 Å². The third-order valence-corrected chi connectivity index (χ3v) is 1.84. The Morgan fingerprint density at radius 2 is 2.31 bits per heavy atom. The molecule has 2 N–H and O–H groups in total. The van der Waals surface area contributed by atoms with Crippen LogP contribution in [0.4, 0.5) is 0 Å². The standard InChI is InChI=1S/C7H11N3O3/c1-4-8-5(10-9-4)7(2,13-3)6(11)12/h1-3H3,(H,11,12)(H,8,9,10). The van der Waals surface area contributed by atoms with E-state index in [2.05, 4.69) is 15.2 Å². The molecule has 0 spiro atoms. The van der Waals surface area contributed by atoms with Crippen LogP contribution < -0.4 is 0 Å². The summed E-state index contributed by atoms with van der Waals surface area (Å²) in [6, 6.07) is 0. The smallest absolute Gasteiger partial charge is 0.343 e. The molecule has 6 nitrogen and oxygen atoms in total. The number of carboxylic acid groups (broad SMARTS) is 1. The molecule has 0 saturated heterocycles. The van der Waals surface area contributed by atoms with Crippen LogP contribution in [0.1, 0.15) is 18.6 Å². The first-order valence-corrected chi connectivity index (χ1v) is 3.68. The molecule has 1 rings (SSSR count). The minimum Gasteiger partial charge on any atom is -0.479 e. The second-order valence-corrected chi connectivity index (χ2v) is 2.79. The van der Waals surface area contributed by atoms with Crippen molar-refractivity contribution in [3.8, 4) is 0 Å². The molecule has 13 heavy (non-hydrogen) atoms. The second kappa shape index (κ2) is 3.14. The number of aromatic nitrogens is 3. The fourth-order valence-corrected chi connectivity index (χ4v) is 0.830. The van der Waals surface area contributed by atoms with Gasteiger partial charge in [0.05, 0.1) is 0 Å². The molecule has 6 heteroatoms. The zero-order chi connectivity index (χ0) is 10.1. The van der Waals surface area contributed by atoms with Crippen LogP contribution in [0.2, 0.25) is 0 Å². The first-order valence-electron chi connectivity index (χ1n) is 3.68. The number of H-pyrrole nitrogens is 1. The van der Waals surface area contributed by atoms with Crippen molar-refractivity contribution < 1.29 is 14.6 Å². The highest BCUT2D eigenvalue weighted by Crippen LogP contribution is 2.20. The van der Waals surface area contributed by atoms with Crippen LogP contribution in [0.25, 0.3) is 0 Å². The molecule has 1 aromatic heterocycles. The summed E-state index contributed by atoms with van der Waals surface area (Å²) in [5.41, 5.74) is -1.48. The van der Waals surface area contributed by atoms with Crippen molar-refractivity contribution in [2.24, 2.45) is 0 Å². The maximum atomic E-state index is 10.8. The van der Waals surface area contributed by atoms with Crippen molar-refractivity contribution in [2.45, 2.75) is 19.4 Å². The third kappa shape index (κ3) is 1.52. The van der Waals surface area contributed by atoms with E-state index in [9.17, 15) is 4.79 Å². The van der Waals surface area contributed by atoms with E-state index in [-0.39, 0.29) is 5.82 Å². The van der Waals surface area contributed by atoms with Crippen LogP contribution in [-0.4, -0.2) is 33.4 Å². The summed E-state index contributed by atoms with van der Waals surface area (Å²) < 4.78 is 4.85. The van der Waals surface area contributed by atoms with E-state index in [1.54, 1.807) is 6.92 Å². The summed E-state index contributed by atoms with van der Waals surface area (Å²) in [6.07, 6.45) is 0. The Bertz CT molecular complexity index is 323. The van der Waals surface area contributed by atoms with Gasteiger partial charge in [-0.1, -0.05) is 0 Å². The molecule has 0 amide bonds. The van der Waals surface area contributed by atoms with Crippen molar-refractivity contribution >= 4 is 5.97 Å². The summed E-state index contributed by atoms with van der Waals surface area (Å²) in [5, 5.41) is 15.2. The number of carboxylic acids is 1. The average molecular weight is 185 g/mol. The zero-order valence-electron chi connectivity index (χ0n) is 7.66. The lowest BCUT2D eigenvalue weighted by atomic mass is 10.1. The van der Waals surface area contributed by atoms with Gasteiger partial charge in [-0.15, -0.1) is 0 Å². The second-order valence-electron chi connectivity index (χ2n) is 2.79. The highest BCUT2D eigenvalue weighted by molar-refractivity contribution is 5.77. The quantitative estimate of drug-likeness (QED) is 0.695. The monoisotopic (exact) mass is 185 g/mol. The Kier molecular flexibility index (Phi) is 2.33. The number of rotatable bonds is 3. The Balaban J connectivity index is 3.09. The van der Waals surface area contributed by atoms with Crippen molar-refractivity contribution in [1.29, 1.82) is 0 Å². The van der Waals surface area contributed by atoms with Gasteiger partial charge in [-0.05, 0) is 13.8 Å². The number of ether oxygens (including phenoxy) is 1. The number of aromatic amines is 1. The van der Waals surface area contributed by atoms with E-state index >= 15 is 0 Å². The summed E-state index contributed by atoms with van der Waals surface area (Å²) in [7, 11) is 1.31. The predicted octanol–water partition coefficient (Wildman–Crippen LogP) is 0.0593. The van der Waals surface area contributed by atoms with Gasteiger partial charge in [0.1, 0.15) is 5.82 Å². The zero-order valence-corrected chi connectivity index (χ0v) is 7.66. The molecule has 0 aliphatic heterocycles. The van der Waals surface area contributed by atoms with Gasteiger partial charge in [0.15, 0.2) is 5.82 Å². The van der Waals surface area contributed by atoms with Gasteiger partial charge in [-0.3, -0.25) is 5.10 Å². The minimum absolute atomic E-state index is 0.125. The molecule has 0 aromatic carbocycles. The van der Waals surface area contributed by atoms with E-state index in [0.29, 0.717) is 5.82 Å². The van der Waals surface area contributed by atoms with Gasteiger partial charge in [0.2, 0.25) is 5.60 Å². The summed E-state index contributed by atoms with van der Waals surface area (Å²) in [5.74, 6) is -0.437. The molecule has 0 radical (unpaired) electrons. The Labute approximate surface area is 74.9 Å². The molecule has 0 aliphatic rings. The van der Waals surface area contributed by atoms with Gasteiger partial charge in [-0.2, -0.15) is 5.10 Å². The molecule has 1 atom stereocenters. The molecule has 0 aliphatic carbocycles. The normalized spacial score (nSPS) is 15.3. The molecular weight excluding hydrogens is 174 g/mol. The van der Waals surface area contributed by atoms with Crippen molar-refractivity contribution in [3.05, 3.63) is 11.6 Å². The molecule has 0 saturated carbocycles. The molecular formula is C7H11N3O3. The number of aliphatic carboxylic acids is 1. The van der Waals surface area contributed by atoms with Crippen molar-refractivity contribution in [2.75, 3.05) is 7.11 Å². The van der Waals surface area contributed by atoms with Crippen LogP contribution in [0.15, 0.2) is 0 Å². The number of methoxy groups -OCH3 is 1. The Morgan fingerprint density at radius 1 is 1.69 bits per heavy atom. The van der Waals surface area contributed by atoms with Crippen LogP contribution >= 0.6 is 0 Å². The fourth-order valence-electron chi connectivity index (χ4n) is 0.830.